The number of thiazole rings is 1. The highest BCUT2D eigenvalue weighted by atomic mass is 32.1. The molecule has 0 saturated carbocycles. The number of rotatable bonds is 5. The third-order valence-electron chi connectivity index (χ3n) is 4.06. The molecule has 0 aliphatic carbocycles. The summed E-state index contributed by atoms with van der Waals surface area (Å²) in [6.07, 6.45) is 2.77. The molecule has 4 nitrogen and oxygen atoms in total. The Hall–Kier alpha value is -1.72. The molecule has 0 unspecified atom stereocenters. The van der Waals surface area contributed by atoms with Crippen LogP contribution in [0.2, 0.25) is 0 Å². The second-order valence-corrected chi connectivity index (χ2v) is 7.55. The molecule has 1 aromatic heterocycles. The van der Waals surface area contributed by atoms with Crippen LogP contribution in [0.1, 0.15) is 20.3 Å². The summed E-state index contributed by atoms with van der Waals surface area (Å²) in [5.41, 5.74) is 1.13. The van der Waals surface area contributed by atoms with E-state index in [1.54, 1.807) is 0 Å². The summed E-state index contributed by atoms with van der Waals surface area (Å²) in [5.74, 6) is 0.826. The highest BCUT2D eigenvalue weighted by molar-refractivity contribution is 7.19. The molecule has 1 fully saturated rings. The zero-order valence-corrected chi connectivity index (χ0v) is 14.5. The van der Waals surface area contributed by atoms with E-state index in [1.165, 1.54) is 11.3 Å². The first-order valence-electron chi connectivity index (χ1n) is 8.16. The van der Waals surface area contributed by atoms with E-state index in [-0.39, 0.29) is 11.8 Å². The first-order chi connectivity index (χ1) is 11.1. The number of carbonyl (C=O) groups is 1. The van der Waals surface area contributed by atoms with Gasteiger partial charge in [-0.2, -0.15) is 0 Å². The van der Waals surface area contributed by atoms with Crippen molar-refractivity contribution in [3.05, 3.63) is 36.5 Å². The predicted octanol–water partition coefficient (Wildman–Crippen LogP) is 3.73. The topological polar surface area (TPSA) is 45.2 Å². The highest BCUT2D eigenvalue weighted by Crippen LogP contribution is 2.29. The number of aromatic nitrogens is 1. The SMILES string of the molecule is CC(C)CN1CC[C@H](C(=O)Nc2ncc(-c3ccccc3)s2)C1. The number of amides is 1. The number of anilines is 1. The lowest BCUT2D eigenvalue weighted by Crippen LogP contribution is -2.29. The Balaban J connectivity index is 1.58. The van der Waals surface area contributed by atoms with Crippen LogP contribution in [0.5, 0.6) is 0 Å². The number of benzene rings is 1. The Labute approximate surface area is 141 Å². The number of nitrogens with one attached hydrogen (secondary N) is 1. The van der Waals surface area contributed by atoms with Crippen molar-refractivity contribution in [2.75, 3.05) is 25.0 Å². The zero-order chi connectivity index (χ0) is 16.2. The standard InChI is InChI=1S/C18H23N3OS/c1-13(2)11-21-9-8-15(12-21)17(22)20-18-19-10-16(23-18)14-6-4-3-5-7-14/h3-7,10,13,15H,8-9,11-12H2,1-2H3,(H,19,20,22)/t15-/m0/s1. The van der Waals surface area contributed by atoms with Crippen molar-refractivity contribution in [1.82, 2.24) is 9.88 Å². The van der Waals surface area contributed by atoms with Gasteiger partial charge in [-0.25, -0.2) is 4.98 Å². The molecule has 122 valence electrons. The Kier molecular flexibility index (Phi) is 5.08. The molecule has 1 amide bonds. The maximum absolute atomic E-state index is 12.4. The summed E-state index contributed by atoms with van der Waals surface area (Å²) in [7, 11) is 0. The summed E-state index contributed by atoms with van der Waals surface area (Å²) in [6.45, 7) is 7.38. The second-order valence-electron chi connectivity index (χ2n) is 6.52. The van der Waals surface area contributed by atoms with Crippen molar-refractivity contribution in [2.24, 2.45) is 11.8 Å². The smallest absolute Gasteiger partial charge is 0.230 e. The third-order valence-corrected chi connectivity index (χ3v) is 5.02. The molecule has 3 rings (SSSR count). The van der Waals surface area contributed by atoms with Gasteiger partial charge in [-0.1, -0.05) is 55.5 Å². The molecule has 23 heavy (non-hydrogen) atoms. The van der Waals surface area contributed by atoms with Gasteiger partial charge in [-0.15, -0.1) is 0 Å². The van der Waals surface area contributed by atoms with E-state index in [1.807, 2.05) is 24.4 Å². The molecule has 1 aliphatic heterocycles. The van der Waals surface area contributed by atoms with Gasteiger partial charge in [-0.3, -0.25) is 4.79 Å². The van der Waals surface area contributed by atoms with Crippen molar-refractivity contribution >= 4 is 22.4 Å². The Morgan fingerprint density at radius 3 is 2.91 bits per heavy atom. The van der Waals surface area contributed by atoms with Gasteiger partial charge in [0.25, 0.3) is 0 Å². The van der Waals surface area contributed by atoms with Crippen LogP contribution in [0, 0.1) is 11.8 Å². The Morgan fingerprint density at radius 2 is 2.17 bits per heavy atom. The van der Waals surface area contributed by atoms with Crippen LogP contribution in [-0.2, 0) is 4.79 Å². The molecule has 1 aliphatic rings. The van der Waals surface area contributed by atoms with Crippen molar-refractivity contribution in [1.29, 1.82) is 0 Å². The van der Waals surface area contributed by atoms with Gasteiger partial charge in [-0.05, 0) is 24.4 Å². The van der Waals surface area contributed by atoms with Crippen molar-refractivity contribution in [2.45, 2.75) is 20.3 Å². The molecule has 2 aromatic rings. The molecule has 1 atom stereocenters. The minimum Gasteiger partial charge on any atom is -0.302 e. The van der Waals surface area contributed by atoms with Gasteiger partial charge in [0.2, 0.25) is 5.91 Å². The number of hydrogen-bond acceptors (Lipinski definition) is 4. The van der Waals surface area contributed by atoms with Crippen LogP contribution in [0.3, 0.4) is 0 Å². The Bertz CT molecular complexity index is 653. The number of hydrogen-bond donors (Lipinski definition) is 1. The Morgan fingerprint density at radius 1 is 1.39 bits per heavy atom. The third kappa shape index (κ3) is 4.18. The quantitative estimate of drug-likeness (QED) is 0.909. The fourth-order valence-corrected chi connectivity index (χ4v) is 3.83. The summed E-state index contributed by atoms with van der Waals surface area (Å²) in [5, 5.41) is 3.68. The fraction of sp³-hybridized carbons (Fsp3) is 0.444. The fourth-order valence-electron chi connectivity index (χ4n) is 3.00. The molecule has 1 N–H and O–H groups in total. The summed E-state index contributed by atoms with van der Waals surface area (Å²) >= 11 is 1.53. The minimum atomic E-state index is 0.0813. The maximum Gasteiger partial charge on any atom is 0.230 e. The zero-order valence-electron chi connectivity index (χ0n) is 13.7. The van der Waals surface area contributed by atoms with E-state index in [9.17, 15) is 4.79 Å². The average Bonchev–Trinajstić information content (AvgIpc) is 3.17. The van der Waals surface area contributed by atoms with Crippen molar-refractivity contribution < 1.29 is 4.79 Å². The molecule has 1 aromatic carbocycles. The van der Waals surface area contributed by atoms with Gasteiger partial charge in [0, 0.05) is 19.3 Å². The van der Waals surface area contributed by atoms with Crippen LogP contribution < -0.4 is 5.32 Å². The lowest BCUT2D eigenvalue weighted by molar-refractivity contribution is -0.119. The van der Waals surface area contributed by atoms with E-state index >= 15 is 0 Å². The minimum absolute atomic E-state index is 0.0813. The largest absolute Gasteiger partial charge is 0.302 e. The summed E-state index contributed by atoms with van der Waals surface area (Å²) in [6, 6.07) is 10.1. The van der Waals surface area contributed by atoms with Crippen molar-refractivity contribution in [3.8, 4) is 10.4 Å². The first kappa shape index (κ1) is 16.1. The van der Waals surface area contributed by atoms with Gasteiger partial charge in [0.15, 0.2) is 5.13 Å². The lowest BCUT2D eigenvalue weighted by Gasteiger charge is -2.17. The highest BCUT2D eigenvalue weighted by Gasteiger charge is 2.28. The molecule has 0 spiro atoms. The van der Waals surface area contributed by atoms with E-state index in [2.05, 4.69) is 41.2 Å². The van der Waals surface area contributed by atoms with Crippen LogP contribution in [0.4, 0.5) is 5.13 Å². The van der Waals surface area contributed by atoms with Crippen LogP contribution >= 0.6 is 11.3 Å². The molecule has 5 heteroatoms. The van der Waals surface area contributed by atoms with Crippen molar-refractivity contribution in [3.63, 3.8) is 0 Å². The van der Waals surface area contributed by atoms with E-state index < -0.39 is 0 Å². The second kappa shape index (κ2) is 7.23. The number of nitrogens with zero attached hydrogens (tertiary/aromatic N) is 2. The molecule has 1 saturated heterocycles. The molecular weight excluding hydrogens is 306 g/mol. The number of carbonyl (C=O) groups excluding carboxylic acids is 1. The first-order valence-corrected chi connectivity index (χ1v) is 8.98. The van der Waals surface area contributed by atoms with E-state index in [4.69, 9.17) is 0 Å². The summed E-state index contributed by atoms with van der Waals surface area (Å²) in [4.78, 5) is 20.2. The normalized spacial score (nSPS) is 18.5. The predicted molar refractivity (Wildman–Crippen MR) is 95.6 cm³/mol. The molecule has 0 bridgehead atoms. The molecule has 2 heterocycles. The van der Waals surface area contributed by atoms with E-state index in [0.29, 0.717) is 11.0 Å². The van der Waals surface area contributed by atoms with Gasteiger partial charge in [0.05, 0.1) is 10.8 Å². The maximum atomic E-state index is 12.4. The van der Waals surface area contributed by atoms with Crippen LogP contribution in [-0.4, -0.2) is 35.4 Å². The van der Waals surface area contributed by atoms with E-state index in [0.717, 1.165) is 36.5 Å². The van der Waals surface area contributed by atoms with Gasteiger partial charge in [0.1, 0.15) is 0 Å². The van der Waals surface area contributed by atoms with Gasteiger partial charge >= 0.3 is 0 Å². The van der Waals surface area contributed by atoms with Gasteiger partial charge < -0.3 is 10.2 Å². The summed E-state index contributed by atoms with van der Waals surface area (Å²) < 4.78 is 0. The monoisotopic (exact) mass is 329 g/mol. The molecule has 0 radical (unpaired) electrons. The number of likely N-dealkylation sites (tertiary alicyclic amines) is 1. The molecular formula is C18H23N3OS. The lowest BCUT2D eigenvalue weighted by atomic mass is 10.1. The van der Waals surface area contributed by atoms with Crippen LogP contribution in [0.25, 0.3) is 10.4 Å². The average molecular weight is 329 g/mol. The van der Waals surface area contributed by atoms with Crippen LogP contribution in [0.15, 0.2) is 36.5 Å².